The lowest BCUT2D eigenvalue weighted by molar-refractivity contribution is 0.0697. The van der Waals surface area contributed by atoms with Gasteiger partial charge in [-0.1, -0.05) is 29.0 Å². The number of thiophene rings is 1. The summed E-state index contributed by atoms with van der Waals surface area (Å²) in [7, 11) is 1.57. The molecule has 0 aliphatic carbocycles. The Bertz CT molecular complexity index is 1220. The predicted octanol–water partition coefficient (Wildman–Crippen LogP) is 6.35. The van der Waals surface area contributed by atoms with E-state index in [1.54, 1.807) is 25.4 Å². The van der Waals surface area contributed by atoms with Crippen molar-refractivity contribution < 1.29 is 14.6 Å². The predicted molar refractivity (Wildman–Crippen MR) is 122 cm³/mol. The highest BCUT2D eigenvalue weighted by Crippen LogP contribution is 2.38. The summed E-state index contributed by atoms with van der Waals surface area (Å²) < 4.78 is 5.20. The quantitative estimate of drug-likeness (QED) is 0.351. The smallest absolute Gasteiger partial charge is 0.339 e. The van der Waals surface area contributed by atoms with Gasteiger partial charge in [0, 0.05) is 16.6 Å². The van der Waals surface area contributed by atoms with Crippen molar-refractivity contribution in [2.45, 2.75) is 6.92 Å². The maximum atomic E-state index is 11.8. The van der Waals surface area contributed by atoms with Crippen LogP contribution in [-0.4, -0.2) is 28.2 Å². The Balaban J connectivity index is 1.66. The normalized spacial score (nSPS) is 10.8. The van der Waals surface area contributed by atoms with Gasteiger partial charge in [0.2, 0.25) is 0 Å². The molecule has 2 N–H and O–H groups in total. The molecule has 0 aliphatic heterocycles. The molecule has 0 radical (unpaired) electrons. The lowest BCUT2D eigenvalue weighted by Crippen LogP contribution is -2.05. The molecule has 152 valence electrons. The van der Waals surface area contributed by atoms with E-state index in [-0.39, 0.29) is 11.4 Å². The molecule has 0 spiro atoms. The molecule has 3 heterocycles. The molecule has 0 fully saturated rings. The fourth-order valence-corrected chi connectivity index (χ4v) is 4.86. The van der Waals surface area contributed by atoms with Crippen molar-refractivity contribution >= 4 is 51.2 Å². The average Bonchev–Trinajstić information content (AvgIpc) is 3.38. The highest BCUT2D eigenvalue weighted by molar-refractivity contribution is 7.19. The van der Waals surface area contributed by atoms with E-state index in [0.717, 1.165) is 26.6 Å². The Morgan fingerprint density at radius 3 is 2.73 bits per heavy atom. The van der Waals surface area contributed by atoms with Crippen LogP contribution in [0.2, 0.25) is 5.02 Å². The summed E-state index contributed by atoms with van der Waals surface area (Å²) in [6, 6.07) is 11.0. The molecule has 1 aromatic carbocycles. The number of hydrogen-bond acceptors (Lipinski definition) is 7. The lowest BCUT2D eigenvalue weighted by atomic mass is 10.1. The molecule has 0 saturated carbocycles. The largest absolute Gasteiger partial charge is 0.495 e. The van der Waals surface area contributed by atoms with E-state index in [2.05, 4.69) is 15.3 Å². The van der Waals surface area contributed by atoms with E-state index < -0.39 is 5.97 Å². The molecule has 3 aromatic heterocycles. The van der Waals surface area contributed by atoms with Gasteiger partial charge in [-0.15, -0.1) is 11.3 Å². The Labute approximate surface area is 185 Å². The number of aromatic carboxylic acids is 1. The first-order chi connectivity index (χ1) is 14.5. The van der Waals surface area contributed by atoms with E-state index >= 15 is 0 Å². The van der Waals surface area contributed by atoms with Crippen molar-refractivity contribution in [1.82, 2.24) is 9.97 Å². The van der Waals surface area contributed by atoms with Crippen LogP contribution >= 0.6 is 34.3 Å². The minimum Gasteiger partial charge on any atom is -0.495 e. The number of rotatable bonds is 6. The van der Waals surface area contributed by atoms with Crippen molar-refractivity contribution in [2.75, 3.05) is 12.4 Å². The first-order valence-electron chi connectivity index (χ1n) is 8.82. The number of ether oxygens (including phenoxy) is 1. The number of nitrogens with one attached hydrogen (secondary N) is 1. The summed E-state index contributed by atoms with van der Waals surface area (Å²) in [6.07, 6.45) is 1.66. The summed E-state index contributed by atoms with van der Waals surface area (Å²) >= 11 is 9.18. The molecular weight excluding hydrogens is 442 g/mol. The molecule has 30 heavy (non-hydrogen) atoms. The highest BCUT2D eigenvalue weighted by Gasteiger charge is 2.17. The van der Waals surface area contributed by atoms with Gasteiger partial charge in [0.25, 0.3) is 0 Å². The van der Waals surface area contributed by atoms with Gasteiger partial charge in [0.1, 0.15) is 17.1 Å². The molecule has 0 unspecified atom stereocenters. The monoisotopic (exact) mass is 457 g/mol. The van der Waals surface area contributed by atoms with Crippen LogP contribution < -0.4 is 10.1 Å². The summed E-state index contributed by atoms with van der Waals surface area (Å²) in [4.78, 5) is 22.6. The van der Waals surface area contributed by atoms with Crippen molar-refractivity contribution in [3.05, 3.63) is 64.3 Å². The van der Waals surface area contributed by atoms with Crippen LogP contribution in [0.5, 0.6) is 5.75 Å². The molecule has 0 bridgehead atoms. The van der Waals surface area contributed by atoms with Gasteiger partial charge in [-0.05, 0) is 48.2 Å². The van der Waals surface area contributed by atoms with Crippen molar-refractivity contribution in [2.24, 2.45) is 0 Å². The van der Waals surface area contributed by atoms with Gasteiger partial charge in [0.05, 0.1) is 22.7 Å². The van der Waals surface area contributed by atoms with Crippen LogP contribution in [0.25, 0.3) is 20.9 Å². The molecule has 0 amide bonds. The number of benzene rings is 1. The number of anilines is 2. The number of carboxylic acids is 1. The first kappa shape index (κ1) is 20.3. The van der Waals surface area contributed by atoms with Gasteiger partial charge in [-0.2, -0.15) is 0 Å². The Hall–Kier alpha value is -2.94. The number of nitrogens with zero attached hydrogens (tertiary/aromatic N) is 2. The van der Waals surface area contributed by atoms with Crippen molar-refractivity contribution in [3.8, 4) is 26.6 Å². The standard InChI is InChI=1S/C21H16ClN3O3S2/c1-11-18(12-5-6-16(28-2)15(22)9-12)30-21(24-11)25-19-14(20(26)27)8-13(10-23-19)17-4-3-7-29-17/h3-10H,1-2H3,(H,26,27)(H,23,24,25). The summed E-state index contributed by atoms with van der Waals surface area (Å²) in [6.45, 7) is 1.89. The highest BCUT2D eigenvalue weighted by atomic mass is 35.5. The fraction of sp³-hybridized carbons (Fsp3) is 0.0952. The second-order valence-corrected chi connectivity index (χ2v) is 8.66. The van der Waals surface area contributed by atoms with Crippen LogP contribution in [-0.2, 0) is 0 Å². The number of aromatic nitrogens is 2. The number of methoxy groups -OCH3 is 1. The van der Waals surface area contributed by atoms with Crippen LogP contribution in [0.4, 0.5) is 10.9 Å². The topological polar surface area (TPSA) is 84.3 Å². The zero-order chi connectivity index (χ0) is 21.3. The second kappa shape index (κ2) is 8.43. The van der Waals surface area contributed by atoms with Gasteiger partial charge in [0.15, 0.2) is 5.13 Å². The van der Waals surface area contributed by atoms with Gasteiger partial charge < -0.3 is 15.2 Å². The van der Waals surface area contributed by atoms with Crippen LogP contribution in [0.1, 0.15) is 16.1 Å². The average molecular weight is 458 g/mol. The summed E-state index contributed by atoms with van der Waals surface area (Å²) in [5.74, 6) is -0.211. The minimum atomic E-state index is -1.06. The minimum absolute atomic E-state index is 0.0859. The van der Waals surface area contributed by atoms with Crippen molar-refractivity contribution in [1.29, 1.82) is 0 Å². The third kappa shape index (κ3) is 4.02. The van der Waals surface area contributed by atoms with Crippen LogP contribution in [0, 0.1) is 6.92 Å². The van der Waals surface area contributed by atoms with E-state index in [4.69, 9.17) is 16.3 Å². The Kier molecular flexibility index (Phi) is 5.72. The zero-order valence-corrected chi connectivity index (χ0v) is 18.4. The third-order valence-corrected chi connectivity index (χ3v) is 6.70. The second-order valence-electron chi connectivity index (χ2n) is 6.31. The number of carboxylic acid groups (broad SMARTS) is 1. The molecule has 6 nitrogen and oxygen atoms in total. The number of carbonyl (C=O) groups is 1. The number of pyridine rings is 1. The fourth-order valence-electron chi connectivity index (χ4n) is 2.93. The van der Waals surface area contributed by atoms with E-state index in [1.165, 1.54) is 22.7 Å². The van der Waals surface area contributed by atoms with Crippen LogP contribution in [0.15, 0.2) is 48.0 Å². The molecule has 0 saturated heterocycles. The van der Waals surface area contributed by atoms with E-state index in [0.29, 0.717) is 15.9 Å². The van der Waals surface area contributed by atoms with Gasteiger partial charge >= 0.3 is 5.97 Å². The molecule has 4 aromatic rings. The van der Waals surface area contributed by atoms with Gasteiger partial charge in [-0.25, -0.2) is 14.8 Å². The molecule has 0 atom stereocenters. The lowest BCUT2D eigenvalue weighted by Gasteiger charge is -2.07. The number of halogens is 1. The summed E-state index contributed by atoms with van der Waals surface area (Å²) in [5.41, 5.74) is 2.55. The SMILES string of the molecule is COc1ccc(-c2sc(Nc3ncc(-c4cccs4)cc3C(=O)O)nc2C)cc1Cl. The van der Waals surface area contributed by atoms with Crippen molar-refractivity contribution in [3.63, 3.8) is 0 Å². The third-order valence-electron chi connectivity index (χ3n) is 4.36. The first-order valence-corrected chi connectivity index (χ1v) is 10.9. The van der Waals surface area contributed by atoms with Crippen LogP contribution in [0.3, 0.4) is 0 Å². The Morgan fingerprint density at radius 1 is 1.23 bits per heavy atom. The summed E-state index contributed by atoms with van der Waals surface area (Å²) in [5, 5.41) is 15.7. The number of thiazole rings is 1. The zero-order valence-electron chi connectivity index (χ0n) is 16.0. The molecule has 0 aliphatic rings. The molecular formula is C21H16ClN3O3S2. The van der Waals surface area contributed by atoms with Gasteiger partial charge in [-0.3, -0.25) is 0 Å². The molecule has 4 rings (SSSR count). The van der Waals surface area contributed by atoms with E-state index in [1.807, 2.05) is 36.6 Å². The maximum Gasteiger partial charge on any atom is 0.339 e. The number of aryl methyl sites for hydroxylation is 1. The Morgan fingerprint density at radius 2 is 2.07 bits per heavy atom. The number of hydrogen-bond donors (Lipinski definition) is 2. The molecule has 9 heteroatoms. The maximum absolute atomic E-state index is 11.8. The van der Waals surface area contributed by atoms with E-state index in [9.17, 15) is 9.90 Å².